The Hall–Kier alpha value is -1.56. The summed E-state index contributed by atoms with van der Waals surface area (Å²) in [5, 5.41) is 0. The molecule has 21 heavy (non-hydrogen) atoms. The quantitative estimate of drug-likeness (QED) is 0.859. The molecular formula is C15H18F3NO2. The van der Waals surface area contributed by atoms with Crippen molar-refractivity contribution < 1.29 is 22.7 Å². The van der Waals surface area contributed by atoms with E-state index < -0.39 is 11.7 Å². The number of benzene rings is 1. The topological polar surface area (TPSA) is 29.5 Å². The first-order valence-corrected chi connectivity index (χ1v) is 6.95. The van der Waals surface area contributed by atoms with Gasteiger partial charge < -0.3 is 9.64 Å². The fourth-order valence-electron chi connectivity index (χ4n) is 2.34. The highest BCUT2D eigenvalue weighted by Crippen LogP contribution is 2.29. The van der Waals surface area contributed by atoms with Gasteiger partial charge in [-0.25, -0.2) is 0 Å². The molecule has 0 saturated carbocycles. The summed E-state index contributed by atoms with van der Waals surface area (Å²) >= 11 is 0. The van der Waals surface area contributed by atoms with Gasteiger partial charge in [0.25, 0.3) is 0 Å². The highest BCUT2D eigenvalue weighted by molar-refractivity contribution is 5.79. The van der Waals surface area contributed by atoms with Gasteiger partial charge in [-0.2, -0.15) is 13.2 Å². The molecule has 3 nitrogen and oxygen atoms in total. The van der Waals surface area contributed by atoms with Crippen LogP contribution in [0.25, 0.3) is 0 Å². The average molecular weight is 301 g/mol. The van der Waals surface area contributed by atoms with Crippen molar-refractivity contribution in [2.75, 3.05) is 19.7 Å². The van der Waals surface area contributed by atoms with Gasteiger partial charge in [0.05, 0.1) is 24.7 Å². The van der Waals surface area contributed by atoms with Gasteiger partial charge in [-0.1, -0.05) is 25.1 Å². The summed E-state index contributed by atoms with van der Waals surface area (Å²) < 4.78 is 43.4. The third-order valence-corrected chi connectivity index (χ3v) is 3.56. The van der Waals surface area contributed by atoms with E-state index in [1.54, 1.807) is 11.0 Å². The van der Waals surface area contributed by atoms with Crippen LogP contribution in [0.5, 0.6) is 0 Å². The smallest absolute Gasteiger partial charge is 0.375 e. The van der Waals surface area contributed by atoms with E-state index >= 15 is 0 Å². The predicted octanol–water partition coefficient (Wildman–Crippen LogP) is 2.89. The molecule has 1 amide bonds. The van der Waals surface area contributed by atoms with Crippen molar-refractivity contribution in [2.45, 2.75) is 32.0 Å². The summed E-state index contributed by atoms with van der Waals surface area (Å²) in [4.78, 5) is 13.8. The molecular weight excluding hydrogens is 283 g/mol. The van der Waals surface area contributed by atoms with Crippen LogP contribution in [0, 0.1) is 0 Å². The lowest BCUT2D eigenvalue weighted by molar-refractivity contribution is -0.139. The van der Waals surface area contributed by atoms with Crippen LogP contribution in [0.15, 0.2) is 24.3 Å². The zero-order chi connectivity index (χ0) is 15.5. The van der Waals surface area contributed by atoms with Gasteiger partial charge in [0.1, 0.15) is 0 Å². The number of hydrogen-bond donors (Lipinski definition) is 0. The first-order valence-electron chi connectivity index (χ1n) is 6.95. The van der Waals surface area contributed by atoms with Crippen LogP contribution in [0.2, 0.25) is 0 Å². The number of alkyl halides is 3. The largest absolute Gasteiger partial charge is 0.416 e. The van der Waals surface area contributed by atoms with E-state index in [0.717, 1.165) is 18.6 Å². The molecule has 1 fully saturated rings. The Morgan fingerprint density at radius 3 is 2.86 bits per heavy atom. The predicted molar refractivity (Wildman–Crippen MR) is 71.8 cm³/mol. The van der Waals surface area contributed by atoms with Gasteiger partial charge in [-0.3, -0.25) is 4.79 Å². The molecule has 1 unspecified atom stereocenters. The monoisotopic (exact) mass is 301 g/mol. The molecule has 0 aliphatic carbocycles. The lowest BCUT2D eigenvalue weighted by Crippen LogP contribution is -2.46. The first kappa shape index (κ1) is 15.8. The zero-order valence-corrected chi connectivity index (χ0v) is 11.8. The number of halogens is 3. The maximum atomic E-state index is 12.6. The molecule has 0 radical (unpaired) electrons. The summed E-state index contributed by atoms with van der Waals surface area (Å²) in [6, 6.07) is 4.93. The third kappa shape index (κ3) is 4.20. The molecule has 1 aliphatic rings. The summed E-state index contributed by atoms with van der Waals surface area (Å²) in [6.07, 6.45) is -3.57. The zero-order valence-electron chi connectivity index (χ0n) is 11.8. The van der Waals surface area contributed by atoms with E-state index in [2.05, 4.69) is 0 Å². The van der Waals surface area contributed by atoms with Crippen molar-refractivity contribution in [3.05, 3.63) is 35.4 Å². The number of carbonyl (C=O) groups excluding carboxylic acids is 1. The maximum Gasteiger partial charge on any atom is 0.416 e. The van der Waals surface area contributed by atoms with Gasteiger partial charge in [-0.05, 0) is 18.1 Å². The number of morpholine rings is 1. The summed E-state index contributed by atoms with van der Waals surface area (Å²) in [6.45, 7) is 3.46. The van der Waals surface area contributed by atoms with E-state index in [1.165, 1.54) is 6.07 Å². The lowest BCUT2D eigenvalue weighted by Gasteiger charge is -2.32. The van der Waals surface area contributed by atoms with Crippen LogP contribution in [-0.2, 0) is 22.1 Å². The molecule has 0 spiro atoms. The minimum Gasteiger partial charge on any atom is -0.375 e. The number of carbonyl (C=O) groups is 1. The molecule has 1 aromatic rings. The van der Waals surface area contributed by atoms with Crippen LogP contribution in [0.1, 0.15) is 24.5 Å². The fraction of sp³-hybridized carbons (Fsp3) is 0.533. The first-order chi connectivity index (χ1) is 9.90. The maximum absolute atomic E-state index is 12.6. The highest BCUT2D eigenvalue weighted by Gasteiger charge is 2.30. The Morgan fingerprint density at radius 1 is 1.43 bits per heavy atom. The molecule has 1 aliphatic heterocycles. The molecule has 0 aromatic heterocycles. The average Bonchev–Trinajstić information content (AvgIpc) is 2.46. The fourth-order valence-corrected chi connectivity index (χ4v) is 2.34. The number of nitrogens with zero attached hydrogens (tertiary/aromatic N) is 1. The number of rotatable bonds is 3. The van der Waals surface area contributed by atoms with Crippen LogP contribution in [0.3, 0.4) is 0 Å². The summed E-state index contributed by atoms with van der Waals surface area (Å²) in [5.41, 5.74) is -0.337. The van der Waals surface area contributed by atoms with Gasteiger partial charge >= 0.3 is 6.18 Å². The second-order valence-corrected chi connectivity index (χ2v) is 5.12. The van der Waals surface area contributed by atoms with E-state index in [4.69, 9.17) is 4.74 Å². The normalized spacial score (nSPS) is 19.6. The molecule has 2 rings (SSSR count). The van der Waals surface area contributed by atoms with E-state index in [1.807, 2.05) is 6.92 Å². The molecule has 1 aromatic carbocycles. The summed E-state index contributed by atoms with van der Waals surface area (Å²) in [5.74, 6) is -0.156. The van der Waals surface area contributed by atoms with Crippen molar-refractivity contribution >= 4 is 5.91 Å². The third-order valence-electron chi connectivity index (χ3n) is 3.56. The van der Waals surface area contributed by atoms with Gasteiger partial charge in [-0.15, -0.1) is 0 Å². The molecule has 1 atom stereocenters. The minimum atomic E-state index is -4.38. The Kier molecular flexibility index (Phi) is 4.88. The van der Waals surface area contributed by atoms with Crippen molar-refractivity contribution in [1.82, 2.24) is 4.90 Å². The molecule has 1 saturated heterocycles. The number of amides is 1. The van der Waals surface area contributed by atoms with Crippen LogP contribution in [-0.4, -0.2) is 36.6 Å². The Bertz CT molecular complexity index is 502. The van der Waals surface area contributed by atoms with Crippen molar-refractivity contribution in [1.29, 1.82) is 0 Å². The Balaban J connectivity index is 2.02. The van der Waals surface area contributed by atoms with Crippen molar-refractivity contribution in [2.24, 2.45) is 0 Å². The van der Waals surface area contributed by atoms with Crippen LogP contribution < -0.4 is 0 Å². The second kappa shape index (κ2) is 6.47. The van der Waals surface area contributed by atoms with E-state index in [9.17, 15) is 18.0 Å². The number of hydrogen-bond acceptors (Lipinski definition) is 2. The van der Waals surface area contributed by atoms with Crippen LogP contribution >= 0.6 is 0 Å². The standard InChI is InChI=1S/C15H18F3NO2/c1-2-13-10-19(6-7-21-13)14(20)9-11-4-3-5-12(8-11)15(16,17)18/h3-5,8,13H,2,6-7,9-10H2,1H3. The molecule has 0 N–H and O–H groups in total. The highest BCUT2D eigenvalue weighted by atomic mass is 19.4. The number of ether oxygens (including phenoxy) is 1. The summed E-state index contributed by atoms with van der Waals surface area (Å²) in [7, 11) is 0. The SMILES string of the molecule is CCC1CN(C(=O)Cc2cccc(C(F)(F)F)c2)CCO1. The molecule has 1 heterocycles. The second-order valence-electron chi connectivity index (χ2n) is 5.12. The molecule has 0 bridgehead atoms. The molecule has 116 valence electrons. The van der Waals surface area contributed by atoms with Gasteiger partial charge in [0.15, 0.2) is 0 Å². The van der Waals surface area contributed by atoms with E-state index in [0.29, 0.717) is 25.3 Å². The Morgan fingerprint density at radius 2 is 2.19 bits per heavy atom. The molecule has 6 heteroatoms. The van der Waals surface area contributed by atoms with Gasteiger partial charge in [0.2, 0.25) is 5.91 Å². The van der Waals surface area contributed by atoms with Gasteiger partial charge in [0, 0.05) is 13.1 Å². The minimum absolute atomic E-state index is 0.0135. The Labute approximate surface area is 121 Å². The lowest BCUT2D eigenvalue weighted by atomic mass is 10.1. The van der Waals surface area contributed by atoms with Crippen molar-refractivity contribution in [3.8, 4) is 0 Å². The van der Waals surface area contributed by atoms with E-state index in [-0.39, 0.29) is 18.4 Å². The van der Waals surface area contributed by atoms with Crippen LogP contribution in [0.4, 0.5) is 13.2 Å². The van der Waals surface area contributed by atoms with Crippen molar-refractivity contribution in [3.63, 3.8) is 0 Å².